The van der Waals surface area contributed by atoms with Crippen LogP contribution in [0, 0.1) is 5.92 Å². The standard InChI is InChI=1S/C18H22ClN3O2/c19-16-8-14(13-1-2-13)9-22-18(16)23-11-17-21-10-15(24-17)7-12-3-5-20-6-4-12/h8-10,12-13,20H,1-7,11H2. The fourth-order valence-electron chi connectivity index (χ4n) is 3.20. The van der Waals surface area contributed by atoms with Crippen LogP contribution in [0.15, 0.2) is 22.9 Å². The summed E-state index contributed by atoms with van der Waals surface area (Å²) in [7, 11) is 0. The number of halogens is 1. The number of pyridine rings is 1. The molecule has 0 unspecified atom stereocenters. The second-order valence-corrected chi connectivity index (χ2v) is 7.14. The second-order valence-electron chi connectivity index (χ2n) is 6.74. The molecule has 2 aromatic rings. The number of hydrogen-bond donors (Lipinski definition) is 1. The van der Waals surface area contributed by atoms with Crippen LogP contribution in [0.5, 0.6) is 5.88 Å². The van der Waals surface area contributed by atoms with E-state index in [4.69, 9.17) is 20.8 Å². The van der Waals surface area contributed by atoms with E-state index in [1.807, 2.05) is 18.5 Å². The maximum Gasteiger partial charge on any atom is 0.233 e. The van der Waals surface area contributed by atoms with Crippen LogP contribution >= 0.6 is 11.6 Å². The maximum atomic E-state index is 6.26. The zero-order valence-electron chi connectivity index (χ0n) is 13.6. The summed E-state index contributed by atoms with van der Waals surface area (Å²) in [6, 6.07) is 1.96. The van der Waals surface area contributed by atoms with Crippen molar-refractivity contribution in [3.8, 4) is 5.88 Å². The van der Waals surface area contributed by atoms with E-state index in [2.05, 4.69) is 15.3 Å². The van der Waals surface area contributed by atoms with E-state index < -0.39 is 0 Å². The Kier molecular flexibility index (Phi) is 4.72. The molecule has 2 aliphatic rings. The van der Waals surface area contributed by atoms with E-state index in [0.29, 0.717) is 28.6 Å². The van der Waals surface area contributed by atoms with Crippen molar-refractivity contribution in [1.82, 2.24) is 15.3 Å². The normalized spacial score (nSPS) is 18.7. The molecule has 1 aliphatic carbocycles. The van der Waals surface area contributed by atoms with Crippen molar-refractivity contribution in [2.75, 3.05) is 13.1 Å². The van der Waals surface area contributed by atoms with Crippen molar-refractivity contribution < 1.29 is 9.15 Å². The van der Waals surface area contributed by atoms with Gasteiger partial charge in [-0.15, -0.1) is 0 Å². The number of nitrogens with zero attached hydrogens (tertiary/aromatic N) is 2. The lowest BCUT2D eigenvalue weighted by Crippen LogP contribution is -2.28. The third-order valence-electron chi connectivity index (χ3n) is 4.76. The predicted molar refractivity (Wildman–Crippen MR) is 91.4 cm³/mol. The third-order valence-corrected chi connectivity index (χ3v) is 5.03. The fourth-order valence-corrected chi connectivity index (χ4v) is 3.43. The molecule has 128 valence electrons. The van der Waals surface area contributed by atoms with Gasteiger partial charge in [-0.25, -0.2) is 9.97 Å². The average molecular weight is 348 g/mol. The third kappa shape index (κ3) is 3.90. The molecule has 2 fully saturated rings. The SMILES string of the molecule is Clc1cc(C2CC2)cnc1OCc1ncc(CC2CCNCC2)o1. The molecule has 6 heteroatoms. The highest BCUT2D eigenvalue weighted by Gasteiger charge is 2.24. The summed E-state index contributed by atoms with van der Waals surface area (Å²) in [5, 5.41) is 3.93. The van der Waals surface area contributed by atoms with Gasteiger partial charge in [-0.1, -0.05) is 11.6 Å². The number of oxazole rings is 1. The highest BCUT2D eigenvalue weighted by Crippen LogP contribution is 2.41. The Morgan fingerprint density at radius 3 is 2.75 bits per heavy atom. The van der Waals surface area contributed by atoms with Crippen LogP contribution in [-0.4, -0.2) is 23.1 Å². The summed E-state index contributed by atoms with van der Waals surface area (Å²) in [6.45, 7) is 2.44. The number of rotatable bonds is 6. The van der Waals surface area contributed by atoms with Crippen LogP contribution in [0.4, 0.5) is 0 Å². The van der Waals surface area contributed by atoms with Gasteiger partial charge in [-0.05, 0) is 62.2 Å². The molecule has 2 aromatic heterocycles. The fraction of sp³-hybridized carbons (Fsp3) is 0.556. The summed E-state index contributed by atoms with van der Waals surface area (Å²) >= 11 is 6.26. The van der Waals surface area contributed by atoms with E-state index in [9.17, 15) is 0 Å². The van der Waals surface area contributed by atoms with Crippen molar-refractivity contribution in [3.05, 3.63) is 40.7 Å². The Morgan fingerprint density at radius 2 is 2.00 bits per heavy atom. The van der Waals surface area contributed by atoms with E-state index in [1.165, 1.54) is 31.2 Å². The Balaban J connectivity index is 1.32. The van der Waals surface area contributed by atoms with E-state index in [-0.39, 0.29) is 6.61 Å². The monoisotopic (exact) mass is 347 g/mol. The molecule has 24 heavy (non-hydrogen) atoms. The number of nitrogens with one attached hydrogen (secondary N) is 1. The summed E-state index contributed by atoms with van der Waals surface area (Å²) in [5.74, 6) is 3.26. The van der Waals surface area contributed by atoms with Crippen molar-refractivity contribution in [2.45, 2.75) is 44.6 Å². The first-order valence-corrected chi connectivity index (χ1v) is 9.08. The summed E-state index contributed by atoms with van der Waals surface area (Å²) in [6.07, 6.45) is 9.47. The topological polar surface area (TPSA) is 60.2 Å². The van der Waals surface area contributed by atoms with Gasteiger partial charge in [-0.2, -0.15) is 0 Å². The minimum Gasteiger partial charge on any atom is -0.467 e. The zero-order valence-corrected chi connectivity index (χ0v) is 14.4. The molecule has 5 nitrogen and oxygen atoms in total. The first kappa shape index (κ1) is 15.9. The van der Waals surface area contributed by atoms with Crippen LogP contribution in [-0.2, 0) is 13.0 Å². The Labute approximate surface area is 146 Å². The van der Waals surface area contributed by atoms with Crippen molar-refractivity contribution in [1.29, 1.82) is 0 Å². The molecule has 4 rings (SSSR count). The molecule has 0 aromatic carbocycles. The van der Waals surface area contributed by atoms with Gasteiger partial charge >= 0.3 is 0 Å². The molecule has 1 N–H and O–H groups in total. The molecule has 0 atom stereocenters. The summed E-state index contributed by atoms with van der Waals surface area (Å²) in [4.78, 5) is 8.63. The molecule has 0 amide bonds. The highest BCUT2D eigenvalue weighted by atomic mass is 35.5. The van der Waals surface area contributed by atoms with Crippen LogP contribution in [0.1, 0.15) is 48.8 Å². The Hall–Kier alpha value is -1.59. The highest BCUT2D eigenvalue weighted by molar-refractivity contribution is 6.31. The van der Waals surface area contributed by atoms with Gasteiger partial charge in [0.2, 0.25) is 11.8 Å². The van der Waals surface area contributed by atoms with Crippen LogP contribution in [0.25, 0.3) is 0 Å². The molecule has 0 radical (unpaired) electrons. The van der Waals surface area contributed by atoms with Gasteiger partial charge in [-0.3, -0.25) is 0 Å². The molecule has 0 bridgehead atoms. The van der Waals surface area contributed by atoms with Gasteiger partial charge in [0.05, 0.1) is 6.20 Å². The van der Waals surface area contributed by atoms with Crippen LogP contribution < -0.4 is 10.1 Å². The van der Waals surface area contributed by atoms with Gasteiger partial charge in [0.25, 0.3) is 0 Å². The number of hydrogen-bond acceptors (Lipinski definition) is 5. The first-order valence-electron chi connectivity index (χ1n) is 8.70. The maximum absolute atomic E-state index is 6.26. The first-order chi connectivity index (χ1) is 11.8. The molecule has 3 heterocycles. The minimum atomic E-state index is 0.252. The average Bonchev–Trinajstić information content (AvgIpc) is 3.36. The van der Waals surface area contributed by atoms with Gasteiger partial charge in [0.1, 0.15) is 10.8 Å². The van der Waals surface area contributed by atoms with Crippen molar-refractivity contribution in [2.24, 2.45) is 5.92 Å². The Morgan fingerprint density at radius 1 is 1.17 bits per heavy atom. The number of ether oxygens (including phenoxy) is 1. The lowest BCUT2D eigenvalue weighted by Gasteiger charge is -2.21. The van der Waals surface area contributed by atoms with Gasteiger partial charge in [0, 0.05) is 12.6 Å². The van der Waals surface area contributed by atoms with Crippen LogP contribution in [0.3, 0.4) is 0 Å². The lowest BCUT2D eigenvalue weighted by atomic mass is 9.94. The largest absolute Gasteiger partial charge is 0.467 e. The van der Waals surface area contributed by atoms with Crippen molar-refractivity contribution in [3.63, 3.8) is 0 Å². The second kappa shape index (κ2) is 7.11. The zero-order chi connectivity index (χ0) is 16.4. The lowest BCUT2D eigenvalue weighted by molar-refractivity contribution is 0.246. The number of aromatic nitrogens is 2. The molecular formula is C18H22ClN3O2. The number of piperidine rings is 1. The molecule has 1 saturated heterocycles. The van der Waals surface area contributed by atoms with Gasteiger partial charge in [0.15, 0.2) is 6.61 Å². The minimum absolute atomic E-state index is 0.252. The Bertz CT molecular complexity index is 693. The summed E-state index contributed by atoms with van der Waals surface area (Å²) < 4.78 is 11.5. The van der Waals surface area contributed by atoms with E-state index in [0.717, 1.165) is 25.3 Å². The smallest absolute Gasteiger partial charge is 0.233 e. The van der Waals surface area contributed by atoms with Crippen LogP contribution in [0.2, 0.25) is 5.02 Å². The van der Waals surface area contributed by atoms with Gasteiger partial charge < -0.3 is 14.5 Å². The molecular weight excluding hydrogens is 326 g/mol. The van der Waals surface area contributed by atoms with Crippen molar-refractivity contribution >= 4 is 11.6 Å². The molecule has 1 saturated carbocycles. The predicted octanol–water partition coefficient (Wildman–Crippen LogP) is 3.72. The quantitative estimate of drug-likeness (QED) is 0.862. The molecule has 0 spiro atoms. The van der Waals surface area contributed by atoms with E-state index >= 15 is 0 Å². The molecule has 1 aliphatic heterocycles. The van der Waals surface area contributed by atoms with E-state index in [1.54, 1.807) is 0 Å². The summed E-state index contributed by atoms with van der Waals surface area (Å²) in [5.41, 5.74) is 1.20.